The zero-order valence-corrected chi connectivity index (χ0v) is 18.3. The molecule has 30 heavy (non-hydrogen) atoms. The number of hydrogen-bond donors (Lipinski definition) is 0. The number of piperidine rings is 1. The maximum atomic E-state index is 12.8. The van der Waals surface area contributed by atoms with Crippen molar-refractivity contribution in [3.8, 4) is 5.75 Å². The van der Waals surface area contributed by atoms with Crippen LogP contribution in [-0.4, -0.2) is 51.7 Å². The van der Waals surface area contributed by atoms with Crippen LogP contribution in [0.1, 0.15) is 69.8 Å². The van der Waals surface area contributed by atoms with Gasteiger partial charge in [-0.2, -0.15) is 5.06 Å². The fraction of sp³-hybridized carbons (Fsp3) is 0.619. The van der Waals surface area contributed by atoms with Gasteiger partial charge in [-0.05, 0) is 65.5 Å². The topological polar surface area (TPSA) is 88.4 Å². The Balaban J connectivity index is 1.83. The highest BCUT2D eigenvalue weighted by Gasteiger charge is 2.38. The number of nitrogens with zero attached hydrogens (tertiary/aromatic N) is 3. The van der Waals surface area contributed by atoms with E-state index < -0.39 is 17.6 Å². The minimum atomic E-state index is -0.726. The van der Waals surface area contributed by atoms with Crippen LogP contribution in [0, 0.1) is 4.91 Å². The van der Waals surface area contributed by atoms with Crippen LogP contribution >= 0.6 is 0 Å². The molecule has 9 nitrogen and oxygen atoms in total. The molecule has 1 fully saturated rings. The zero-order valence-electron chi connectivity index (χ0n) is 18.3. The molecule has 2 heterocycles. The molecule has 9 heteroatoms. The fourth-order valence-electron chi connectivity index (χ4n) is 3.39. The molecule has 2 aliphatic rings. The zero-order chi connectivity index (χ0) is 22.1. The third kappa shape index (κ3) is 5.01. The van der Waals surface area contributed by atoms with Crippen molar-refractivity contribution in [1.29, 1.82) is 0 Å². The first-order valence-electron chi connectivity index (χ1n) is 10.3. The lowest BCUT2D eigenvalue weighted by Gasteiger charge is -2.27. The monoisotopic (exact) mass is 420 g/mol. The minimum absolute atomic E-state index is 0.0925. The largest absolute Gasteiger partial charge is 0.484 e. The lowest BCUT2D eigenvalue weighted by atomic mass is 10.1. The molecule has 0 N–H and O–H groups in total. The number of carbonyl (C=O) groups is 2. The number of hydrogen-bond acceptors (Lipinski definition) is 6. The van der Waals surface area contributed by atoms with E-state index in [0.717, 1.165) is 24.3 Å². The normalized spacial score (nSPS) is 16.5. The number of ether oxygens (including phenoxy) is 1. The van der Waals surface area contributed by atoms with E-state index in [0.29, 0.717) is 29.3 Å². The third-order valence-corrected chi connectivity index (χ3v) is 4.67. The average molecular weight is 420 g/mol. The number of amides is 2. The van der Waals surface area contributed by atoms with Crippen molar-refractivity contribution in [2.24, 2.45) is 0 Å². The Morgan fingerprint density at radius 2 is 1.80 bits per heavy atom. The molecular weight excluding hydrogens is 390 g/mol. The smallest absolute Gasteiger partial charge is 0.434 e. The van der Waals surface area contributed by atoms with E-state index in [1.54, 1.807) is 31.7 Å². The number of likely N-dealkylation sites (tertiary alicyclic amines) is 1. The van der Waals surface area contributed by atoms with Gasteiger partial charge in [0.15, 0.2) is 5.60 Å². The van der Waals surface area contributed by atoms with Crippen molar-refractivity contribution in [2.45, 2.75) is 72.1 Å². The van der Waals surface area contributed by atoms with Crippen LogP contribution in [0.3, 0.4) is 0 Å². The van der Waals surface area contributed by atoms with Gasteiger partial charge in [-0.15, -0.1) is 0 Å². The highest BCUT2D eigenvalue weighted by atomic mass is 16.8. The predicted molar refractivity (Wildman–Crippen MR) is 108 cm³/mol. The Kier molecular flexibility index (Phi) is 6.19. The molecule has 0 aliphatic carbocycles. The molecule has 0 unspecified atom stereocenters. The second-order valence-electron chi connectivity index (χ2n) is 8.85. The van der Waals surface area contributed by atoms with Crippen LogP contribution in [0.15, 0.2) is 12.1 Å². The second-order valence-corrected chi connectivity index (χ2v) is 8.85. The van der Waals surface area contributed by atoms with Gasteiger partial charge >= 0.3 is 11.8 Å². The van der Waals surface area contributed by atoms with Crippen molar-refractivity contribution in [3.05, 3.63) is 28.2 Å². The van der Waals surface area contributed by atoms with E-state index in [1.165, 1.54) is 6.07 Å². The second kappa shape index (κ2) is 8.49. The van der Waals surface area contributed by atoms with Crippen LogP contribution in [0.4, 0.5) is 10.5 Å². The number of rotatable bonds is 5. The van der Waals surface area contributed by atoms with E-state index in [1.807, 2.05) is 13.8 Å². The van der Waals surface area contributed by atoms with Crippen molar-refractivity contribution in [3.63, 3.8) is 0 Å². The first-order valence-corrected chi connectivity index (χ1v) is 10.3. The summed E-state index contributed by atoms with van der Waals surface area (Å²) in [5.41, 5.74) is 0.270. The van der Waals surface area contributed by atoms with Gasteiger partial charge in [0.2, 0.25) is 5.75 Å². The molecule has 1 saturated heterocycles. The molecule has 0 bridgehead atoms. The maximum absolute atomic E-state index is 12.8. The fourth-order valence-corrected chi connectivity index (χ4v) is 3.39. The molecule has 2 amide bonds. The molecular formula is C21H30N3O6+. The molecule has 0 atom stereocenters. The quantitative estimate of drug-likeness (QED) is 0.666. The van der Waals surface area contributed by atoms with Gasteiger partial charge in [-0.3, -0.25) is 4.79 Å². The van der Waals surface area contributed by atoms with Crippen molar-refractivity contribution in [2.75, 3.05) is 13.1 Å². The predicted octanol–water partition coefficient (Wildman–Crippen LogP) is 4.11. The summed E-state index contributed by atoms with van der Waals surface area (Å²) in [6.45, 7) is 10.3. The van der Waals surface area contributed by atoms with Gasteiger partial charge in [0.1, 0.15) is 0 Å². The van der Waals surface area contributed by atoms with E-state index in [-0.39, 0.29) is 23.9 Å². The lowest BCUT2D eigenvalue weighted by molar-refractivity contribution is -0.766. The first kappa shape index (κ1) is 21.9. The third-order valence-electron chi connectivity index (χ3n) is 4.67. The lowest BCUT2D eigenvalue weighted by Crippen LogP contribution is -2.40. The van der Waals surface area contributed by atoms with Crippen LogP contribution < -0.4 is 4.74 Å². The minimum Gasteiger partial charge on any atom is -0.484 e. The van der Waals surface area contributed by atoms with Crippen LogP contribution in [0.2, 0.25) is 0 Å². The van der Waals surface area contributed by atoms with Gasteiger partial charge in [0.25, 0.3) is 10.8 Å². The summed E-state index contributed by atoms with van der Waals surface area (Å²) in [6.07, 6.45) is 2.22. The molecule has 0 spiro atoms. The number of benzene rings is 1. The molecule has 0 aromatic heterocycles. The Hall–Kier alpha value is -2.84. The Morgan fingerprint density at radius 3 is 2.40 bits per heavy atom. The summed E-state index contributed by atoms with van der Waals surface area (Å²) in [5.74, 6) is -0.170. The standard InChI is InChI=1S/C21H30N3O6/c1-14(2)28-18-11-15-13-23(29-20(26)22-9-7-6-8-10-22)19(25)16(15)12-17(18)24(27)30-21(3,4)5/h11-12,14H,6-10,13H2,1-5H3/q+1. The highest BCUT2D eigenvalue weighted by Crippen LogP contribution is 2.37. The van der Waals surface area contributed by atoms with Crippen molar-refractivity contribution >= 4 is 17.7 Å². The summed E-state index contributed by atoms with van der Waals surface area (Å²) < 4.78 is 5.79. The number of fused-ring (bicyclic) bond motifs is 1. The van der Waals surface area contributed by atoms with Gasteiger partial charge < -0.3 is 14.5 Å². The summed E-state index contributed by atoms with van der Waals surface area (Å²) in [5, 5.41) is 1.03. The molecule has 0 radical (unpaired) electrons. The van der Waals surface area contributed by atoms with E-state index in [4.69, 9.17) is 14.4 Å². The summed E-state index contributed by atoms with van der Waals surface area (Å²) in [7, 11) is 0. The Morgan fingerprint density at radius 1 is 1.13 bits per heavy atom. The molecule has 2 aliphatic heterocycles. The van der Waals surface area contributed by atoms with E-state index in [2.05, 4.69) is 0 Å². The van der Waals surface area contributed by atoms with Crippen LogP contribution in [0.5, 0.6) is 5.75 Å². The molecule has 1 aromatic rings. The first-order chi connectivity index (χ1) is 14.0. The average Bonchev–Trinajstić information content (AvgIpc) is 2.94. The molecule has 0 saturated carbocycles. The van der Waals surface area contributed by atoms with Crippen molar-refractivity contribution in [1.82, 2.24) is 9.96 Å². The maximum Gasteiger partial charge on any atom is 0.434 e. The van der Waals surface area contributed by atoms with Crippen LogP contribution in [0.25, 0.3) is 0 Å². The van der Waals surface area contributed by atoms with Gasteiger partial charge in [-0.25, -0.2) is 9.63 Å². The van der Waals surface area contributed by atoms with E-state index in [9.17, 15) is 14.5 Å². The summed E-state index contributed by atoms with van der Waals surface area (Å²) in [4.78, 5) is 50.6. The Bertz CT molecular complexity index is 840. The van der Waals surface area contributed by atoms with Crippen LogP contribution in [-0.2, 0) is 16.2 Å². The summed E-state index contributed by atoms with van der Waals surface area (Å²) >= 11 is 0. The van der Waals surface area contributed by atoms with Crippen molar-refractivity contribution < 1.29 is 28.9 Å². The molecule has 1 aromatic carbocycles. The molecule has 164 valence electrons. The summed E-state index contributed by atoms with van der Waals surface area (Å²) in [6, 6.07) is 3.07. The van der Waals surface area contributed by atoms with Gasteiger partial charge in [0.05, 0.1) is 23.1 Å². The number of hydroxylamine groups is 2. The Labute approximate surface area is 176 Å². The number of carbonyl (C=O) groups excluding carboxylic acids is 2. The van der Waals surface area contributed by atoms with Gasteiger partial charge in [-0.1, -0.05) is 0 Å². The van der Waals surface area contributed by atoms with Gasteiger partial charge in [0, 0.05) is 19.2 Å². The SMILES string of the molecule is CC(C)Oc1cc2c(cc1[N+](=O)OC(C)(C)C)C(=O)N(OC(=O)N1CCCCC1)C2. The van der Waals surface area contributed by atoms with E-state index >= 15 is 0 Å². The highest BCUT2D eigenvalue weighted by molar-refractivity contribution is 5.99. The molecule has 3 rings (SSSR count).